The zero-order valence-corrected chi connectivity index (χ0v) is 11.9. The van der Waals surface area contributed by atoms with Gasteiger partial charge in [0.1, 0.15) is 6.54 Å². The predicted octanol–water partition coefficient (Wildman–Crippen LogP) is 0.188. The number of amides is 1. The average molecular weight is 300 g/mol. The molecule has 1 aromatic carbocycles. The minimum atomic E-state index is -3.69. The van der Waals surface area contributed by atoms with Gasteiger partial charge < -0.3 is 10.4 Å². The molecule has 1 aromatic rings. The highest BCUT2D eigenvalue weighted by Crippen LogP contribution is 2.12. The van der Waals surface area contributed by atoms with Crippen LogP contribution in [0.4, 0.5) is 0 Å². The molecule has 0 spiro atoms. The van der Waals surface area contributed by atoms with Gasteiger partial charge in [0.05, 0.1) is 4.90 Å². The largest absolute Gasteiger partial charge is 0.480 e. The average Bonchev–Trinajstić information content (AvgIpc) is 2.34. The van der Waals surface area contributed by atoms with Crippen molar-refractivity contribution in [1.29, 1.82) is 0 Å². The van der Waals surface area contributed by atoms with Crippen molar-refractivity contribution in [3.05, 3.63) is 29.8 Å². The van der Waals surface area contributed by atoms with Crippen LogP contribution in [0.25, 0.3) is 0 Å². The number of carbonyl (C=O) groups is 2. The van der Waals surface area contributed by atoms with Crippen molar-refractivity contribution in [2.45, 2.75) is 24.8 Å². The minimum absolute atomic E-state index is 0.0471. The van der Waals surface area contributed by atoms with Crippen LogP contribution in [0.5, 0.6) is 0 Å². The van der Waals surface area contributed by atoms with Gasteiger partial charge in [-0.15, -0.1) is 0 Å². The summed E-state index contributed by atoms with van der Waals surface area (Å²) in [7, 11) is -3.69. The van der Waals surface area contributed by atoms with E-state index in [0.29, 0.717) is 0 Å². The smallest absolute Gasteiger partial charge is 0.322 e. The number of carbonyl (C=O) groups excluding carboxylic acids is 1. The van der Waals surface area contributed by atoms with Gasteiger partial charge in [0.2, 0.25) is 10.0 Å². The van der Waals surface area contributed by atoms with Gasteiger partial charge in [0.15, 0.2) is 0 Å². The van der Waals surface area contributed by atoms with Crippen molar-refractivity contribution in [3.8, 4) is 0 Å². The summed E-state index contributed by atoms with van der Waals surface area (Å²) in [5.41, 5.74) is 0.0814. The van der Waals surface area contributed by atoms with E-state index in [9.17, 15) is 18.0 Å². The number of sulfonamides is 1. The highest BCUT2D eigenvalue weighted by Gasteiger charge is 2.17. The van der Waals surface area contributed by atoms with Gasteiger partial charge in [-0.05, 0) is 32.0 Å². The summed E-state index contributed by atoms with van der Waals surface area (Å²) in [5, 5.41) is 10.6. The SMILES string of the molecule is CC(C)NS(=O)(=O)c1cccc(C(=O)NCC(=O)O)c1. The third kappa shape index (κ3) is 4.63. The molecule has 110 valence electrons. The van der Waals surface area contributed by atoms with E-state index in [1.54, 1.807) is 13.8 Å². The fraction of sp³-hybridized carbons (Fsp3) is 0.333. The molecule has 1 rings (SSSR count). The van der Waals surface area contributed by atoms with Crippen molar-refractivity contribution in [2.24, 2.45) is 0 Å². The van der Waals surface area contributed by atoms with Gasteiger partial charge in [-0.3, -0.25) is 9.59 Å². The molecule has 0 aliphatic rings. The highest BCUT2D eigenvalue weighted by molar-refractivity contribution is 7.89. The Hall–Kier alpha value is -1.93. The number of aliphatic carboxylic acids is 1. The van der Waals surface area contributed by atoms with Crippen LogP contribution in [-0.2, 0) is 14.8 Å². The molecule has 0 atom stereocenters. The van der Waals surface area contributed by atoms with Crippen LogP contribution in [0, 0.1) is 0 Å². The molecule has 0 bridgehead atoms. The molecule has 0 heterocycles. The van der Waals surface area contributed by atoms with E-state index in [-0.39, 0.29) is 16.5 Å². The Kier molecular flexibility index (Phi) is 5.23. The maximum absolute atomic E-state index is 11.9. The summed E-state index contributed by atoms with van der Waals surface area (Å²) < 4.78 is 26.3. The number of carboxylic acid groups (broad SMARTS) is 1. The number of nitrogens with one attached hydrogen (secondary N) is 2. The first-order chi connectivity index (χ1) is 9.22. The molecule has 8 heteroatoms. The van der Waals surface area contributed by atoms with Gasteiger partial charge in [-0.25, -0.2) is 13.1 Å². The maximum atomic E-state index is 11.9. The van der Waals surface area contributed by atoms with E-state index < -0.39 is 28.4 Å². The molecule has 0 aliphatic carbocycles. The molecule has 1 amide bonds. The van der Waals surface area contributed by atoms with Crippen LogP contribution in [0.2, 0.25) is 0 Å². The van der Waals surface area contributed by atoms with Crippen LogP contribution in [-0.4, -0.2) is 38.0 Å². The van der Waals surface area contributed by atoms with Gasteiger partial charge in [0, 0.05) is 11.6 Å². The molecule has 0 saturated carbocycles. The fourth-order valence-corrected chi connectivity index (χ4v) is 2.74. The second-order valence-electron chi connectivity index (χ2n) is 4.38. The first-order valence-electron chi connectivity index (χ1n) is 5.85. The Balaban J connectivity index is 2.96. The number of rotatable bonds is 6. The monoisotopic (exact) mass is 300 g/mol. The quantitative estimate of drug-likeness (QED) is 0.694. The lowest BCUT2D eigenvalue weighted by molar-refractivity contribution is -0.135. The Morgan fingerprint density at radius 2 is 1.95 bits per heavy atom. The van der Waals surface area contributed by atoms with Crippen molar-refractivity contribution in [3.63, 3.8) is 0 Å². The molecule has 7 nitrogen and oxygen atoms in total. The lowest BCUT2D eigenvalue weighted by Gasteiger charge is -2.10. The summed E-state index contributed by atoms with van der Waals surface area (Å²) >= 11 is 0. The molecule has 0 saturated heterocycles. The zero-order valence-electron chi connectivity index (χ0n) is 11.1. The molecule has 20 heavy (non-hydrogen) atoms. The van der Waals surface area contributed by atoms with Crippen LogP contribution in [0.15, 0.2) is 29.2 Å². The predicted molar refractivity (Wildman–Crippen MR) is 71.9 cm³/mol. The lowest BCUT2D eigenvalue weighted by Crippen LogP contribution is -2.31. The van der Waals surface area contributed by atoms with Crippen molar-refractivity contribution < 1.29 is 23.1 Å². The minimum Gasteiger partial charge on any atom is -0.480 e. The second-order valence-corrected chi connectivity index (χ2v) is 6.09. The topological polar surface area (TPSA) is 113 Å². The van der Waals surface area contributed by atoms with E-state index in [2.05, 4.69) is 10.0 Å². The van der Waals surface area contributed by atoms with E-state index in [0.717, 1.165) is 0 Å². The molecule has 0 unspecified atom stereocenters. The summed E-state index contributed by atoms with van der Waals surface area (Å²) in [6.45, 7) is 2.84. The van der Waals surface area contributed by atoms with Crippen LogP contribution >= 0.6 is 0 Å². The van der Waals surface area contributed by atoms with Crippen molar-refractivity contribution in [1.82, 2.24) is 10.0 Å². The fourth-order valence-electron chi connectivity index (χ4n) is 1.44. The third-order valence-electron chi connectivity index (χ3n) is 2.20. The summed E-state index contributed by atoms with van der Waals surface area (Å²) in [5.74, 6) is -1.82. The molecular weight excluding hydrogens is 284 g/mol. The molecule has 0 aromatic heterocycles. The zero-order chi connectivity index (χ0) is 15.3. The lowest BCUT2D eigenvalue weighted by atomic mass is 10.2. The Bertz CT molecular complexity index is 610. The maximum Gasteiger partial charge on any atom is 0.322 e. The van der Waals surface area contributed by atoms with Crippen molar-refractivity contribution in [2.75, 3.05) is 6.54 Å². The van der Waals surface area contributed by atoms with Crippen LogP contribution < -0.4 is 10.0 Å². The van der Waals surface area contributed by atoms with Gasteiger partial charge >= 0.3 is 5.97 Å². The number of benzene rings is 1. The summed E-state index contributed by atoms with van der Waals surface area (Å²) in [4.78, 5) is 22.0. The normalized spacial score (nSPS) is 11.3. The number of hydrogen-bond acceptors (Lipinski definition) is 4. The number of hydrogen-bond donors (Lipinski definition) is 3. The second kappa shape index (κ2) is 6.49. The van der Waals surface area contributed by atoms with Gasteiger partial charge in [-0.1, -0.05) is 6.07 Å². The molecule has 0 radical (unpaired) electrons. The molecular formula is C12H16N2O5S. The summed E-state index contributed by atoms with van der Waals surface area (Å²) in [6, 6.07) is 5.11. The van der Waals surface area contributed by atoms with Gasteiger partial charge in [0.25, 0.3) is 5.91 Å². The number of carboxylic acids is 1. The van der Waals surface area contributed by atoms with Gasteiger partial charge in [-0.2, -0.15) is 0 Å². The Morgan fingerprint density at radius 3 is 2.50 bits per heavy atom. The molecule has 0 aliphatic heterocycles. The highest BCUT2D eigenvalue weighted by atomic mass is 32.2. The van der Waals surface area contributed by atoms with E-state index in [1.165, 1.54) is 24.3 Å². The third-order valence-corrected chi connectivity index (χ3v) is 3.85. The van der Waals surface area contributed by atoms with Crippen LogP contribution in [0.1, 0.15) is 24.2 Å². The molecule has 0 fully saturated rings. The Labute approximate surface area is 117 Å². The van der Waals surface area contributed by atoms with Crippen LogP contribution in [0.3, 0.4) is 0 Å². The van der Waals surface area contributed by atoms with E-state index >= 15 is 0 Å². The van der Waals surface area contributed by atoms with Crippen molar-refractivity contribution >= 4 is 21.9 Å². The summed E-state index contributed by atoms with van der Waals surface area (Å²) in [6.07, 6.45) is 0. The standard InChI is InChI=1S/C12H16N2O5S/c1-8(2)14-20(18,19)10-5-3-4-9(6-10)12(17)13-7-11(15)16/h3-6,8,14H,7H2,1-2H3,(H,13,17)(H,15,16). The Morgan fingerprint density at radius 1 is 1.30 bits per heavy atom. The first kappa shape index (κ1) is 16.1. The van der Waals surface area contributed by atoms with E-state index in [1.807, 2.05) is 0 Å². The molecule has 3 N–H and O–H groups in total. The van der Waals surface area contributed by atoms with E-state index in [4.69, 9.17) is 5.11 Å². The first-order valence-corrected chi connectivity index (χ1v) is 7.33.